The van der Waals surface area contributed by atoms with E-state index < -0.39 is 0 Å². The SMILES string of the molecule is O=C(c1ccc(OCCC2CCCCN2)cc1-c1c(-c2ccc(O)cc2)nn(C2CCC2)c1-c1ccc(O)cc1)c1ccc(OCCC2CCCCN2)cc1-c1c(-c2ccc(O)cc2)nn(C2CCC2)c1-c1ccc(O)cc1. The van der Waals surface area contributed by atoms with Crippen molar-refractivity contribution in [2.45, 2.75) is 114 Å². The van der Waals surface area contributed by atoms with Gasteiger partial charge >= 0.3 is 0 Å². The Morgan fingerprint density at radius 1 is 0.462 bits per heavy atom. The molecule has 13 nitrogen and oxygen atoms in total. The van der Waals surface area contributed by atoms with E-state index in [1.807, 2.05) is 84.9 Å². The number of carbonyl (C=O) groups is 1. The molecule has 0 radical (unpaired) electrons. The Bertz CT molecular complexity index is 3160. The lowest BCUT2D eigenvalue weighted by molar-refractivity contribution is 0.104. The van der Waals surface area contributed by atoms with Gasteiger partial charge in [-0.1, -0.05) is 12.8 Å². The van der Waals surface area contributed by atoms with E-state index in [-0.39, 0.29) is 40.9 Å². The van der Waals surface area contributed by atoms with Crippen molar-refractivity contribution in [3.8, 4) is 102 Å². The second-order valence-corrected chi connectivity index (χ2v) is 21.7. The van der Waals surface area contributed by atoms with Gasteiger partial charge in [0, 0.05) is 67.7 Å². The molecule has 8 aromatic rings. The molecule has 2 aliphatic carbocycles. The van der Waals surface area contributed by atoms with Crippen LogP contribution in [0.4, 0.5) is 0 Å². The molecule has 4 fully saturated rings. The molecule has 4 heterocycles. The van der Waals surface area contributed by atoms with Gasteiger partial charge in [0.25, 0.3) is 0 Å². The number of nitrogens with zero attached hydrogens (tertiary/aromatic N) is 4. The number of carbonyl (C=O) groups excluding carboxylic acids is 1. The number of phenolic OH excluding ortho intramolecular Hbond substituents is 4. The normalized spacial score (nSPS) is 17.8. The van der Waals surface area contributed by atoms with Crippen molar-refractivity contribution in [3.05, 3.63) is 145 Å². The number of piperidine rings is 2. The lowest BCUT2D eigenvalue weighted by Crippen LogP contribution is -2.35. The Kier molecular flexibility index (Phi) is 14.8. The largest absolute Gasteiger partial charge is 0.508 e. The van der Waals surface area contributed by atoms with E-state index in [0.29, 0.717) is 70.4 Å². The highest BCUT2D eigenvalue weighted by Gasteiger charge is 2.35. The van der Waals surface area contributed by atoms with E-state index in [9.17, 15) is 20.4 Å². The summed E-state index contributed by atoms with van der Waals surface area (Å²) in [7, 11) is 0. The molecule has 13 heteroatoms. The molecule has 2 aliphatic heterocycles. The second-order valence-electron chi connectivity index (χ2n) is 21.7. The summed E-state index contributed by atoms with van der Waals surface area (Å²) in [4.78, 5) is 16.6. The summed E-state index contributed by atoms with van der Waals surface area (Å²) >= 11 is 0. The summed E-state index contributed by atoms with van der Waals surface area (Å²) in [5, 5.41) is 60.7. The minimum absolute atomic E-state index is 0.0943. The topological polar surface area (TPSA) is 176 Å². The fourth-order valence-electron chi connectivity index (χ4n) is 11.8. The molecule has 2 unspecified atom stereocenters. The van der Waals surface area contributed by atoms with Crippen LogP contribution in [0.25, 0.3) is 67.3 Å². The van der Waals surface area contributed by atoms with Crippen molar-refractivity contribution in [2.75, 3.05) is 26.3 Å². The molecule has 400 valence electrons. The van der Waals surface area contributed by atoms with Crippen LogP contribution in [0.3, 0.4) is 0 Å². The summed E-state index contributed by atoms with van der Waals surface area (Å²) in [5.74, 6) is 1.51. The van der Waals surface area contributed by atoms with Gasteiger partial charge in [-0.15, -0.1) is 0 Å². The van der Waals surface area contributed by atoms with Gasteiger partial charge in [-0.2, -0.15) is 10.2 Å². The van der Waals surface area contributed by atoms with Crippen molar-refractivity contribution in [1.82, 2.24) is 30.2 Å². The number of ketones is 1. The fourth-order valence-corrected chi connectivity index (χ4v) is 11.8. The van der Waals surface area contributed by atoms with Gasteiger partial charge < -0.3 is 40.5 Å². The third-order valence-corrected chi connectivity index (χ3v) is 16.5. The zero-order valence-corrected chi connectivity index (χ0v) is 44.0. The minimum atomic E-state index is -0.245. The molecule has 12 rings (SSSR count). The first-order valence-corrected chi connectivity index (χ1v) is 28.2. The Morgan fingerprint density at radius 3 is 1.17 bits per heavy atom. The summed E-state index contributed by atoms with van der Waals surface area (Å²) in [6.45, 7) is 2.96. The molecule has 2 saturated heterocycles. The minimum Gasteiger partial charge on any atom is -0.508 e. The third-order valence-electron chi connectivity index (χ3n) is 16.5. The first-order valence-electron chi connectivity index (χ1n) is 28.2. The maximum absolute atomic E-state index is 16.6. The number of hydrogen-bond acceptors (Lipinski definition) is 11. The molecule has 2 saturated carbocycles. The molecule has 4 aliphatic rings. The van der Waals surface area contributed by atoms with Gasteiger partial charge in [-0.05, 0) is 224 Å². The Balaban J connectivity index is 1.08. The summed E-state index contributed by atoms with van der Waals surface area (Å²) in [5.41, 5.74) is 9.63. The van der Waals surface area contributed by atoms with Gasteiger partial charge in [-0.3, -0.25) is 14.2 Å². The van der Waals surface area contributed by atoms with Crippen LogP contribution >= 0.6 is 0 Å². The summed E-state index contributed by atoms with van der Waals surface area (Å²) < 4.78 is 17.6. The number of hydrogen-bond donors (Lipinski definition) is 6. The Labute approximate surface area is 455 Å². The van der Waals surface area contributed by atoms with E-state index in [4.69, 9.17) is 19.7 Å². The number of benzene rings is 6. The van der Waals surface area contributed by atoms with Crippen LogP contribution in [0.15, 0.2) is 133 Å². The van der Waals surface area contributed by atoms with Crippen LogP contribution in [0.2, 0.25) is 0 Å². The molecule has 0 amide bonds. The van der Waals surface area contributed by atoms with Crippen molar-refractivity contribution >= 4 is 5.78 Å². The molecule has 78 heavy (non-hydrogen) atoms. The van der Waals surface area contributed by atoms with Crippen LogP contribution in [-0.4, -0.2) is 84.2 Å². The van der Waals surface area contributed by atoms with E-state index in [1.54, 1.807) is 48.5 Å². The number of aromatic hydroxyl groups is 4. The van der Waals surface area contributed by atoms with Crippen LogP contribution < -0.4 is 20.1 Å². The first-order chi connectivity index (χ1) is 38.2. The Morgan fingerprint density at radius 2 is 0.833 bits per heavy atom. The van der Waals surface area contributed by atoms with Crippen LogP contribution in [0, 0.1) is 0 Å². The standard InChI is InChI=1S/C65H68N6O7/c72-49-21-13-41(14-22-49)61-59(63(43-17-25-51(74)26-18-43)70(68-61)47-9-5-10-47)57-39-53(77-37-33-45-7-1-3-35-66-45)29-31-55(57)65(76)56-32-30-54(78-38-34-46-8-2-4-36-67-46)40-58(56)60-62(42-15-23-50(73)24-16-42)69-71(48-11-6-12-48)64(60)44-19-27-52(75)28-20-44/h13-32,39-40,45-48,66-67,72-75H,1-12,33-38H2. The molecule has 6 aromatic carbocycles. The van der Waals surface area contributed by atoms with Crippen LogP contribution in [-0.2, 0) is 0 Å². The molecular weight excluding hydrogens is 977 g/mol. The predicted octanol–water partition coefficient (Wildman–Crippen LogP) is 13.4. The Hall–Kier alpha value is -7.87. The fraction of sp³-hybridized carbons (Fsp3) is 0.338. The lowest BCUT2D eigenvalue weighted by atomic mass is 9.85. The zero-order chi connectivity index (χ0) is 53.1. The zero-order valence-electron chi connectivity index (χ0n) is 44.0. The summed E-state index contributed by atoms with van der Waals surface area (Å²) in [6.07, 6.45) is 14.4. The highest BCUT2D eigenvalue weighted by Crippen LogP contribution is 2.50. The number of nitrogens with one attached hydrogen (secondary N) is 2. The van der Waals surface area contributed by atoms with E-state index in [2.05, 4.69) is 20.0 Å². The van der Waals surface area contributed by atoms with Gasteiger partial charge in [0.15, 0.2) is 5.78 Å². The van der Waals surface area contributed by atoms with Crippen molar-refractivity contribution in [1.29, 1.82) is 0 Å². The van der Waals surface area contributed by atoms with Gasteiger partial charge in [0.2, 0.25) is 0 Å². The first kappa shape index (κ1) is 50.9. The highest BCUT2D eigenvalue weighted by atomic mass is 16.5. The number of rotatable bonds is 18. The number of aromatic nitrogens is 4. The number of ether oxygens (including phenoxy) is 2. The maximum Gasteiger partial charge on any atom is 0.194 e. The predicted molar refractivity (Wildman–Crippen MR) is 304 cm³/mol. The smallest absolute Gasteiger partial charge is 0.194 e. The maximum atomic E-state index is 16.6. The van der Waals surface area contributed by atoms with E-state index >= 15 is 4.79 Å². The van der Waals surface area contributed by atoms with E-state index in [0.717, 1.165) is 122 Å². The van der Waals surface area contributed by atoms with Gasteiger partial charge in [-0.25, -0.2) is 0 Å². The highest BCUT2D eigenvalue weighted by molar-refractivity contribution is 6.18. The summed E-state index contributed by atoms with van der Waals surface area (Å²) in [6, 6.07) is 40.9. The molecule has 2 atom stereocenters. The van der Waals surface area contributed by atoms with Gasteiger partial charge in [0.05, 0.1) is 36.7 Å². The number of phenols is 4. The monoisotopic (exact) mass is 1040 g/mol. The van der Waals surface area contributed by atoms with Crippen LogP contribution in [0.5, 0.6) is 34.5 Å². The third kappa shape index (κ3) is 10.6. The molecule has 0 spiro atoms. The van der Waals surface area contributed by atoms with Gasteiger partial charge in [0.1, 0.15) is 45.9 Å². The molecule has 2 aromatic heterocycles. The van der Waals surface area contributed by atoms with Crippen molar-refractivity contribution in [2.24, 2.45) is 0 Å². The average Bonchev–Trinajstić information content (AvgIpc) is 4.17. The second kappa shape index (κ2) is 22.6. The molecule has 6 N–H and O–H groups in total. The average molecular weight is 1050 g/mol. The van der Waals surface area contributed by atoms with E-state index in [1.165, 1.54) is 25.7 Å². The molecule has 0 bridgehead atoms. The quantitative estimate of drug-likeness (QED) is 0.0451. The molecular formula is C65H68N6O7. The lowest BCUT2D eigenvalue weighted by Gasteiger charge is -2.28. The van der Waals surface area contributed by atoms with Crippen LogP contribution in [0.1, 0.15) is 118 Å². The van der Waals surface area contributed by atoms with Crippen molar-refractivity contribution < 1.29 is 34.7 Å². The van der Waals surface area contributed by atoms with Crippen molar-refractivity contribution in [3.63, 3.8) is 0 Å².